The molecule has 2 rings (SSSR count). The van der Waals surface area contributed by atoms with E-state index in [1.165, 1.54) is 17.5 Å². The molecule has 3 nitrogen and oxygen atoms in total. The molecule has 1 saturated heterocycles. The van der Waals surface area contributed by atoms with Crippen LogP contribution in [0.25, 0.3) is 0 Å². The number of aliphatic hydroxyl groups excluding tert-OH is 1. The van der Waals surface area contributed by atoms with Crippen molar-refractivity contribution in [3.63, 3.8) is 0 Å². The molecule has 1 aromatic carbocycles. The maximum Gasteiger partial charge on any atom is 0.122 e. The summed E-state index contributed by atoms with van der Waals surface area (Å²) in [6.07, 6.45) is 3.36. The van der Waals surface area contributed by atoms with Crippen LogP contribution in [0.1, 0.15) is 30.4 Å². The van der Waals surface area contributed by atoms with Crippen LogP contribution >= 0.6 is 0 Å². The van der Waals surface area contributed by atoms with Crippen LogP contribution in [-0.2, 0) is 0 Å². The Morgan fingerprint density at radius 3 is 3.00 bits per heavy atom. The molecule has 1 aliphatic heterocycles. The van der Waals surface area contributed by atoms with Gasteiger partial charge in [0.1, 0.15) is 5.75 Å². The van der Waals surface area contributed by atoms with E-state index in [9.17, 15) is 5.11 Å². The summed E-state index contributed by atoms with van der Waals surface area (Å²) in [5.74, 6) is 1.00. The fraction of sp³-hybridized carbons (Fsp3) is 0.625. The third kappa shape index (κ3) is 3.95. The Balaban J connectivity index is 1.73. The van der Waals surface area contributed by atoms with Crippen LogP contribution in [0.2, 0.25) is 0 Å². The van der Waals surface area contributed by atoms with E-state index in [4.69, 9.17) is 4.74 Å². The average Bonchev–Trinajstić information content (AvgIpc) is 2.86. The van der Waals surface area contributed by atoms with Gasteiger partial charge in [-0.2, -0.15) is 0 Å². The molecule has 0 aliphatic carbocycles. The zero-order valence-corrected chi connectivity index (χ0v) is 12.1. The summed E-state index contributed by atoms with van der Waals surface area (Å²) in [5, 5.41) is 9.26. The highest BCUT2D eigenvalue weighted by Crippen LogP contribution is 2.20. The summed E-state index contributed by atoms with van der Waals surface area (Å²) in [6, 6.07) is 6.69. The van der Waals surface area contributed by atoms with Gasteiger partial charge >= 0.3 is 0 Å². The van der Waals surface area contributed by atoms with E-state index in [2.05, 4.69) is 36.9 Å². The predicted octanol–water partition coefficient (Wildman–Crippen LogP) is 2.53. The van der Waals surface area contributed by atoms with Crippen LogP contribution in [-0.4, -0.2) is 42.4 Å². The van der Waals surface area contributed by atoms with Crippen molar-refractivity contribution >= 4 is 0 Å². The van der Waals surface area contributed by atoms with Gasteiger partial charge in [-0.15, -0.1) is 0 Å². The molecular weight excluding hydrogens is 238 g/mol. The van der Waals surface area contributed by atoms with Crippen LogP contribution in [0.5, 0.6) is 5.75 Å². The Morgan fingerprint density at radius 1 is 1.37 bits per heavy atom. The van der Waals surface area contributed by atoms with E-state index >= 15 is 0 Å². The molecule has 3 heteroatoms. The van der Waals surface area contributed by atoms with Gasteiger partial charge in [-0.1, -0.05) is 12.1 Å². The molecule has 1 heterocycles. The third-order valence-corrected chi connectivity index (χ3v) is 3.90. The van der Waals surface area contributed by atoms with E-state index in [1.54, 1.807) is 0 Å². The minimum atomic E-state index is 0.290. The summed E-state index contributed by atoms with van der Waals surface area (Å²) in [6.45, 7) is 7.35. The van der Waals surface area contributed by atoms with Gasteiger partial charge in [0.05, 0.1) is 13.2 Å². The summed E-state index contributed by atoms with van der Waals surface area (Å²) in [5.41, 5.74) is 2.43. The predicted molar refractivity (Wildman–Crippen MR) is 77.7 cm³/mol. The molecule has 0 amide bonds. The molecule has 0 spiro atoms. The summed E-state index contributed by atoms with van der Waals surface area (Å²) in [4.78, 5) is 2.38. The Bertz CT molecular complexity index is 406. The average molecular weight is 263 g/mol. The molecule has 1 aliphatic rings. The Morgan fingerprint density at radius 2 is 2.21 bits per heavy atom. The van der Waals surface area contributed by atoms with Crippen molar-refractivity contribution in [2.45, 2.75) is 39.2 Å². The lowest BCUT2D eigenvalue weighted by Crippen LogP contribution is -2.33. The first-order chi connectivity index (χ1) is 9.20. The topological polar surface area (TPSA) is 32.7 Å². The minimum absolute atomic E-state index is 0.290. The molecule has 1 aromatic rings. The van der Waals surface area contributed by atoms with E-state index in [1.807, 2.05) is 0 Å². The van der Waals surface area contributed by atoms with Gasteiger partial charge in [0, 0.05) is 12.6 Å². The van der Waals surface area contributed by atoms with Crippen LogP contribution < -0.4 is 4.74 Å². The number of hydrogen-bond donors (Lipinski definition) is 1. The largest absolute Gasteiger partial charge is 0.493 e. The lowest BCUT2D eigenvalue weighted by Gasteiger charge is -2.22. The lowest BCUT2D eigenvalue weighted by molar-refractivity contribution is 0.150. The number of hydrogen-bond acceptors (Lipinski definition) is 3. The molecule has 1 atom stereocenters. The summed E-state index contributed by atoms with van der Waals surface area (Å²) < 4.78 is 5.86. The van der Waals surface area contributed by atoms with E-state index in [-0.39, 0.29) is 6.61 Å². The van der Waals surface area contributed by atoms with E-state index in [0.717, 1.165) is 38.3 Å². The molecular formula is C16H25NO2. The number of ether oxygens (including phenoxy) is 1. The van der Waals surface area contributed by atoms with Gasteiger partial charge in [-0.3, -0.25) is 4.90 Å². The van der Waals surface area contributed by atoms with Crippen molar-refractivity contribution in [2.24, 2.45) is 0 Å². The second-order valence-electron chi connectivity index (χ2n) is 5.49. The molecule has 19 heavy (non-hydrogen) atoms. The number of likely N-dealkylation sites (tertiary alicyclic amines) is 1. The molecule has 0 bridgehead atoms. The van der Waals surface area contributed by atoms with Gasteiger partial charge in [-0.05, 0) is 56.8 Å². The Hall–Kier alpha value is -1.06. The number of rotatable bonds is 6. The first-order valence-electron chi connectivity index (χ1n) is 7.25. The monoisotopic (exact) mass is 263 g/mol. The number of benzene rings is 1. The number of aliphatic hydroxyl groups is 1. The maximum atomic E-state index is 9.26. The van der Waals surface area contributed by atoms with Crippen LogP contribution in [0.15, 0.2) is 18.2 Å². The van der Waals surface area contributed by atoms with Crippen molar-refractivity contribution in [3.05, 3.63) is 29.3 Å². The van der Waals surface area contributed by atoms with Crippen molar-refractivity contribution in [2.75, 3.05) is 26.3 Å². The zero-order chi connectivity index (χ0) is 13.7. The third-order valence-electron chi connectivity index (χ3n) is 3.90. The van der Waals surface area contributed by atoms with Gasteiger partial charge in [0.2, 0.25) is 0 Å². The second kappa shape index (κ2) is 6.92. The molecule has 0 aromatic heterocycles. The maximum absolute atomic E-state index is 9.26. The SMILES string of the molecule is Cc1ccc(C)c(OCCCN2CCC[C@H]2CO)c1. The van der Waals surface area contributed by atoms with Gasteiger partial charge in [0.25, 0.3) is 0 Å². The zero-order valence-electron chi connectivity index (χ0n) is 12.1. The van der Waals surface area contributed by atoms with Crippen molar-refractivity contribution < 1.29 is 9.84 Å². The van der Waals surface area contributed by atoms with Crippen molar-refractivity contribution in [1.82, 2.24) is 4.90 Å². The minimum Gasteiger partial charge on any atom is -0.493 e. The molecule has 0 radical (unpaired) electrons. The van der Waals surface area contributed by atoms with Gasteiger partial charge < -0.3 is 9.84 Å². The molecule has 1 N–H and O–H groups in total. The molecule has 106 valence electrons. The highest BCUT2D eigenvalue weighted by Gasteiger charge is 2.22. The number of nitrogens with zero attached hydrogens (tertiary/aromatic N) is 1. The first-order valence-corrected chi connectivity index (χ1v) is 7.25. The van der Waals surface area contributed by atoms with Gasteiger partial charge in [0.15, 0.2) is 0 Å². The highest BCUT2D eigenvalue weighted by molar-refractivity contribution is 5.35. The van der Waals surface area contributed by atoms with Crippen LogP contribution in [0, 0.1) is 13.8 Å². The van der Waals surface area contributed by atoms with Crippen LogP contribution in [0.3, 0.4) is 0 Å². The summed E-state index contributed by atoms with van der Waals surface area (Å²) in [7, 11) is 0. The van der Waals surface area contributed by atoms with E-state index in [0.29, 0.717) is 6.04 Å². The highest BCUT2D eigenvalue weighted by atomic mass is 16.5. The smallest absolute Gasteiger partial charge is 0.122 e. The van der Waals surface area contributed by atoms with Crippen molar-refractivity contribution in [3.8, 4) is 5.75 Å². The molecule has 1 fully saturated rings. The van der Waals surface area contributed by atoms with E-state index < -0.39 is 0 Å². The quantitative estimate of drug-likeness (QED) is 0.801. The number of aryl methyl sites for hydroxylation is 2. The Labute approximate surface area is 116 Å². The van der Waals surface area contributed by atoms with Gasteiger partial charge in [-0.25, -0.2) is 0 Å². The standard InChI is InChI=1S/C16H25NO2/c1-13-6-7-14(2)16(11-13)19-10-4-9-17-8-3-5-15(17)12-18/h6-7,11,15,18H,3-5,8-10,12H2,1-2H3/t15-/m0/s1. The van der Waals surface area contributed by atoms with Crippen molar-refractivity contribution in [1.29, 1.82) is 0 Å². The normalized spacial score (nSPS) is 19.8. The lowest BCUT2D eigenvalue weighted by atomic mass is 10.1. The first kappa shape index (κ1) is 14.4. The van der Waals surface area contributed by atoms with Crippen LogP contribution in [0.4, 0.5) is 0 Å². The molecule has 0 saturated carbocycles. The molecule has 0 unspecified atom stereocenters. The Kier molecular flexibility index (Phi) is 5.23. The fourth-order valence-electron chi connectivity index (χ4n) is 2.71. The fourth-order valence-corrected chi connectivity index (χ4v) is 2.71. The summed E-state index contributed by atoms with van der Waals surface area (Å²) >= 11 is 0. The second-order valence-corrected chi connectivity index (χ2v) is 5.49.